The number of anilines is 1. The molecule has 0 saturated heterocycles. The Morgan fingerprint density at radius 2 is 1.70 bits per heavy atom. The van der Waals surface area contributed by atoms with Gasteiger partial charge in [0.2, 0.25) is 0 Å². The van der Waals surface area contributed by atoms with Crippen molar-refractivity contribution < 1.29 is 21.5 Å². The van der Waals surface area contributed by atoms with Crippen LogP contribution in [0.2, 0.25) is 0 Å². The number of azo groups is 1. The van der Waals surface area contributed by atoms with Crippen LogP contribution in [-0.4, -0.2) is 17.7 Å². The minimum absolute atomic E-state index is 0. The number of aromatic nitrogens is 2. The van der Waals surface area contributed by atoms with Gasteiger partial charge in [-0.25, -0.2) is 9.13 Å². The maximum absolute atomic E-state index is 5.67. The molecule has 0 saturated carbocycles. The number of hydrogen-bond acceptors (Lipinski definition) is 5. The number of nitrogens with zero attached hydrogens (tertiary/aromatic N) is 4. The lowest BCUT2D eigenvalue weighted by Gasteiger charge is -1.99. The van der Waals surface area contributed by atoms with Gasteiger partial charge in [-0.05, 0) is 50.2 Å². The molecule has 0 amide bonds. The average molecular weight is 382 g/mol. The van der Waals surface area contributed by atoms with Gasteiger partial charge in [0.15, 0.2) is 0 Å². The third-order valence-electron chi connectivity index (χ3n) is 3.29. The molecule has 0 aliphatic rings. The highest BCUT2D eigenvalue weighted by molar-refractivity contribution is 5.47. The van der Waals surface area contributed by atoms with Crippen LogP contribution in [0.4, 0.5) is 17.3 Å². The molecule has 2 aromatic rings. The van der Waals surface area contributed by atoms with E-state index in [0.717, 1.165) is 37.6 Å². The zero-order valence-electron chi connectivity index (χ0n) is 13.1. The normalized spacial score (nSPS) is 10.9. The second-order valence-electron chi connectivity index (χ2n) is 5.06. The van der Waals surface area contributed by atoms with Crippen LogP contribution < -0.4 is 38.7 Å². The zero-order chi connectivity index (χ0) is 15.8. The van der Waals surface area contributed by atoms with Crippen molar-refractivity contribution in [3.05, 3.63) is 36.7 Å². The average Bonchev–Trinajstić information content (AvgIpc) is 2.92. The van der Waals surface area contributed by atoms with E-state index in [0.29, 0.717) is 18.8 Å². The molecule has 126 valence electrons. The van der Waals surface area contributed by atoms with Gasteiger partial charge in [-0.2, -0.15) is 0 Å². The van der Waals surface area contributed by atoms with Crippen molar-refractivity contribution in [3.8, 4) is 0 Å². The Labute approximate surface area is 147 Å². The van der Waals surface area contributed by atoms with E-state index >= 15 is 0 Å². The molecule has 1 heterocycles. The summed E-state index contributed by atoms with van der Waals surface area (Å²) in [4.78, 5) is 0. The lowest BCUT2D eigenvalue weighted by molar-refractivity contribution is -0.683. The highest BCUT2D eigenvalue weighted by Crippen LogP contribution is 2.17. The lowest BCUT2D eigenvalue weighted by Crippen LogP contribution is -3.00. The predicted molar refractivity (Wildman–Crippen MR) is 87.0 cm³/mol. The van der Waals surface area contributed by atoms with Crippen molar-refractivity contribution in [2.75, 3.05) is 18.8 Å². The van der Waals surface area contributed by atoms with Crippen molar-refractivity contribution in [3.63, 3.8) is 0 Å². The molecule has 2 rings (SSSR count). The van der Waals surface area contributed by atoms with E-state index in [1.165, 1.54) is 0 Å². The van der Waals surface area contributed by atoms with Crippen LogP contribution in [0.1, 0.15) is 12.8 Å². The number of hydrogen-bond donors (Lipinski definition) is 3. The second-order valence-corrected chi connectivity index (χ2v) is 5.06. The first-order valence-corrected chi connectivity index (χ1v) is 7.50. The van der Waals surface area contributed by atoms with Gasteiger partial charge in [-0.3, -0.25) is 0 Å². The fraction of sp³-hybridized carbons (Fsp3) is 0.400. The van der Waals surface area contributed by atoms with E-state index in [1.807, 2.05) is 36.7 Å². The molecule has 0 fully saturated rings. The Hall–Kier alpha value is -1.77. The van der Waals surface area contributed by atoms with Crippen LogP contribution in [-0.2, 0) is 13.1 Å². The quantitative estimate of drug-likeness (QED) is 0.293. The summed E-state index contributed by atoms with van der Waals surface area (Å²) in [6, 6.07) is 7.31. The SMILES string of the molecule is NCCCn1cc[n+](CCCN)c1N=Nc1ccc(N)cc1.[Br-]. The number of benzene rings is 1. The molecule has 7 nitrogen and oxygen atoms in total. The molecule has 0 bridgehead atoms. The van der Waals surface area contributed by atoms with Crippen LogP contribution in [0.15, 0.2) is 46.9 Å². The summed E-state index contributed by atoms with van der Waals surface area (Å²) in [7, 11) is 0. The lowest BCUT2D eigenvalue weighted by atomic mass is 10.3. The molecule has 23 heavy (non-hydrogen) atoms. The molecule has 1 aromatic carbocycles. The Kier molecular flexibility index (Phi) is 8.46. The fourth-order valence-electron chi connectivity index (χ4n) is 2.09. The molecule has 0 radical (unpaired) electrons. The Morgan fingerprint density at radius 3 is 2.35 bits per heavy atom. The fourth-order valence-corrected chi connectivity index (χ4v) is 2.09. The van der Waals surface area contributed by atoms with Crippen LogP contribution in [0.3, 0.4) is 0 Å². The van der Waals surface area contributed by atoms with E-state index < -0.39 is 0 Å². The minimum Gasteiger partial charge on any atom is -1.00 e. The van der Waals surface area contributed by atoms with Crippen molar-refractivity contribution in [1.29, 1.82) is 0 Å². The van der Waals surface area contributed by atoms with Gasteiger partial charge in [0.1, 0.15) is 5.69 Å². The van der Waals surface area contributed by atoms with Crippen LogP contribution >= 0.6 is 0 Å². The van der Waals surface area contributed by atoms with Crippen LogP contribution in [0.5, 0.6) is 0 Å². The van der Waals surface area contributed by atoms with Gasteiger partial charge in [0, 0.05) is 10.8 Å². The Bertz CT molecular complexity index is 581. The first-order chi connectivity index (χ1) is 10.7. The Morgan fingerprint density at radius 1 is 1.00 bits per heavy atom. The first-order valence-electron chi connectivity index (χ1n) is 7.50. The summed E-state index contributed by atoms with van der Waals surface area (Å²) in [6.45, 7) is 2.94. The largest absolute Gasteiger partial charge is 1.00 e. The second kappa shape index (κ2) is 10.1. The first kappa shape index (κ1) is 19.3. The molecule has 6 N–H and O–H groups in total. The Balaban J connectivity index is 0.00000264. The summed E-state index contributed by atoms with van der Waals surface area (Å²) in [6.07, 6.45) is 5.80. The van der Waals surface area contributed by atoms with Gasteiger partial charge < -0.3 is 34.2 Å². The van der Waals surface area contributed by atoms with E-state index in [-0.39, 0.29) is 17.0 Å². The summed E-state index contributed by atoms with van der Waals surface area (Å²) < 4.78 is 4.12. The summed E-state index contributed by atoms with van der Waals surface area (Å²) in [5, 5.41) is 8.69. The predicted octanol–water partition coefficient (Wildman–Crippen LogP) is -1.53. The van der Waals surface area contributed by atoms with Gasteiger partial charge >= 0.3 is 5.95 Å². The standard InChI is InChI=1S/C15H23N7.BrH/c16-7-1-9-21-11-12-22(10-2-8-17)15(21)20-19-14-5-3-13(18)4-6-14;/h3-6,11-12,18H,1-2,7-10,16-17H2;1H. The van der Waals surface area contributed by atoms with Crippen molar-refractivity contribution >= 4 is 17.3 Å². The molecule has 8 heteroatoms. The van der Waals surface area contributed by atoms with Gasteiger partial charge in [-0.1, -0.05) is 5.11 Å². The number of rotatable bonds is 8. The van der Waals surface area contributed by atoms with E-state index in [4.69, 9.17) is 17.2 Å². The summed E-state index contributed by atoms with van der Waals surface area (Å²) in [5.41, 5.74) is 18.3. The van der Waals surface area contributed by atoms with E-state index in [2.05, 4.69) is 19.4 Å². The molecule has 0 unspecified atom stereocenters. The summed E-state index contributed by atoms with van der Waals surface area (Å²) in [5.74, 6) is 0.804. The highest BCUT2D eigenvalue weighted by atomic mass is 79.9. The topological polar surface area (TPSA) is 112 Å². The molecule has 0 spiro atoms. The number of nitrogen functional groups attached to an aromatic ring is 1. The third kappa shape index (κ3) is 5.74. The van der Waals surface area contributed by atoms with E-state index in [9.17, 15) is 0 Å². The van der Waals surface area contributed by atoms with Crippen LogP contribution in [0.25, 0.3) is 0 Å². The number of aryl methyl sites for hydroxylation is 2. The highest BCUT2D eigenvalue weighted by Gasteiger charge is 2.16. The number of imidazole rings is 1. The molecule has 0 atom stereocenters. The smallest absolute Gasteiger partial charge is 0.421 e. The molecule has 1 aromatic heterocycles. The monoisotopic (exact) mass is 381 g/mol. The summed E-state index contributed by atoms with van der Waals surface area (Å²) >= 11 is 0. The van der Waals surface area contributed by atoms with Crippen LogP contribution in [0, 0.1) is 0 Å². The van der Waals surface area contributed by atoms with E-state index in [1.54, 1.807) is 0 Å². The molecule has 0 aliphatic carbocycles. The van der Waals surface area contributed by atoms with Gasteiger partial charge in [-0.15, -0.1) is 0 Å². The number of halogens is 1. The van der Waals surface area contributed by atoms with Crippen molar-refractivity contribution in [1.82, 2.24) is 4.57 Å². The molecular weight excluding hydrogens is 358 g/mol. The molecular formula is C15H24BrN7. The van der Waals surface area contributed by atoms with Crippen molar-refractivity contribution in [2.24, 2.45) is 21.7 Å². The van der Waals surface area contributed by atoms with Gasteiger partial charge in [0.25, 0.3) is 0 Å². The maximum atomic E-state index is 5.67. The maximum Gasteiger partial charge on any atom is 0.421 e. The molecule has 0 aliphatic heterocycles. The van der Waals surface area contributed by atoms with Crippen molar-refractivity contribution in [2.45, 2.75) is 25.9 Å². The number of nitrogens with two attached hydrogens (primary N) is 3. The van der Waals surface area contributed by atoms with Gasteiger partial charge in [0.05, 0.1) is 25.5 Å². The minimum atomic E-state index is 0. The third-order valence-corrected chi connectivity index (χ3v) is 3.29. The zero-order valence-corrected chi connectivity index (χ0v) is 14.7.